The van der Waals surface area contributed by atoms with E-state index < -0.39 is 5.97 Å². The summed E-state index contributed by atoms with van der Waals surface area (Å²) in [5.41, 5.74) is 1.11. The first-order valence-electron chi connectivity index (χ1n) is 6.23. The first kappa shape index (κ1) is 15.5. The first-order valence-corrected chi connectivity index (χ1v) is 7.18. The Balaban J connectivity index is 2.18. The van der Waals surface area contributed by atoms with Crippen molar-refractivity contribution in [1.29, 1.82) is 0 Å². The fourth-order valence-electron chi connectivity index (χ4n) is 1.59. The van der Waals surface area contributed by atoms with Crippen LogP contribution in [-0.4, -0.2) is 35.6 Å². The lowest BCUT2D eigenvalue weighted by atomic mass is 10.1. The monoisotopic (exact) mass is 284 g/mol. The van der Waals surface area contributed by atoms with Crippen molar-refractivity contribution in [2.75, 3.05) is 13.6 Å². The molecule has 1 unspecified atom stereocenters. The maximum absolute atomic E-state index is 11.7. The van der Waals surface area contributed by atoms with Gasteiger partial charge in [-0.25, -0.2) is 4.79 Å². The Morgan fingerprint density at radius 3 is 2.84 bits per heavy atom. The van der Waals surface area contributed by atoms with Gasteiger partial charge in [0.2, 0.25) is 0 Å². The lowest BCUT2D eigenvalue weighted by Gasteiger charge is -2.17. The Bertz CT molecular complexity index is 406. The molecule has 0 bridgehead atoms. The zero-order valence-electron chi connectivity index (χ0n) is 11.3. The molecule has 0 aliphatic heterocycles. The summed E-state index contributed by atoms with van der Waals surface area (Å²) in [6.45, 7) is 2.76. The van der Waals surface area contributed by atoms with Gasteiger partial charge in [0, 0.05) is 20.1 Å². The molecular weight excluding hydrogens is 264 g/mol. The molecule has 6 heteroatoms. The van der Waals surface area contributed by atoms with E-state index in [0.29, 0.717) is 25.9 Å². The smallest absolute Gasteiger partial charge is 0.317 e. The highest BCUT2D eigenvalue weighted by molar-refractivity contribution is 7.07. The van der Waals surface area contributed by atoms with Crippen LogP contribution in [-0.2, 0) is 11.3 Å². The van der Waals surface area contributed by atoms with E-state index in [1.807, 2.05) is 16.8 Å². The van der Waals surface area contributed by atoms with Gasteiger partial charge in [-0.1, -0.05) is 6.92 Å². The van der Waals surface area contributed by atoms with Gasteiger partial charge in [-0.2, -0.15) is 11.3 Å². The number of aliphatic carboxylic acids is 1. The SMILES string of the molecule is CC(CCCNC(=O)N(C)Cc1ccsc1)C(=O)O. The molecule has 2 N–H and O–H groups in total. The highest BCUT2D eigenvalue weighted by Gasteiger charge is 2.11. The average Bonchev–Trinajstić information content (AvgIpc) is 2.86. The van der Waals surface area contributed by atoms with Gasteiger partial charge in [-0.15, -0.1) is 0 Å². The van der Waals surface area contributed by atoms with Gasteiger partial charge in [-0.05, 0) is 35.2 Å². The number of thiophene rings is 1. The van der Waals surface area contributed by atoms with Crippen LogP contribution in [0.15, 0.2) is 16.8 Å². The van der Waals surface area contributed by atoms with Crippen molar-refractivity contribution in [3.05, 3.63) is 22.4 Å². The van der Waals surface area contributed by atoms with Gasteiger partial charge in [0.1, 0.15) is 0 Å². The number of rotatable bonds is 7. The third kappa shape index (κ3) is 5.74. The van der Waals surface area contributed by atoms with E-state index in [-0.39, 0.29) is 11.9 Å². The summed E-state index contributed by atoms with van der Waals surface area (Å²) in [4.78, 5) is 24.0. The highest BCUT2D eigenvalue weighted by Crippen LogP contribution is 2.08. The second-order valence-electron chi connectivity index (χ2n) is 4.60. The molecule has 0 spiro atoms. The maximum Gasteiger partial charge on any atom is 0.317 e. The van der Waals surface area contributed by atoms with E-state index in [2.05, 4.69) is 5.32 Å². The number of carbonyl (C=O) groups excluding carboxylic acids is 1. The molecule has 2 amide bonds. The minimum atomic E-state index is -0.791. The number of carboxylic acid groups (broad SMARTS) is 1. The molecule has 1 atom stereocenters. The van der Waals surface area contributed by atoms with E-state index in [4.69, 9.17) is 5.11 Å². The molecule has 0 aliphatic rings. The summed E-state index contributed by atoms with van der Waals surface area (Å²) in [6.07, 6.45) is 1.25. The van der Waals surface area contributed by atoms with Gasteiger partial charge in [0.15, 0.2) is 0 Å². The lowest BCUT2D eigenvalue weighted by molar-refractivity contribution is -0.141. The van der Waals surface area contributed by atoms with Crippen LogP contribution in [0.1, 0.15) is 25.3 Å². The van der Waals surface area contributed by atoms with Gasteiger partial charge in [0.25, 0.3) is 0 Å². The summed E-state index contributed by atoms with van der Waals surface area (Å²) in [5, 5.41) is 15.5. The Kier molecular flexibility index (Phi) is 6.35. The predicted molar refractivity (Wildman–Crippen MR) is 75.2 cm³/mol. The maximum atomic E-state index is 11.7. The van der Waals surface area contributed by atoms with Crippen molar-refractivity contribution in [3.8, 4) is 0 Å². The summed E-state index contributed by atoms with van der Waals surface area (Å²) in [6, 6.07) is 1.86. The quantitative estimate of drug-likeness (QED) is 0.755. The number of hydrogen-bond donors (Lipinski definition) is 2. The molecule has 1 aromatic rings. The molecule has 0 saturated heterocycles. The number of urea groups is 1. The van der Waals surface area contributed by atoms with E-state index in [0.717, 1.165) is 5.56 Å². The number of hydrogen-bond acceptors (Lipinski definition) is 3. The molecule has 0 saturated carbocycles. The molecule has 0 radical (unpaired) electrons. The summed E-state index contributed by atoms with van der Waals surface area (Å²) in [5.74, 6) is -1.15. The van der Waals surface area contributed by atoms with Crippen LogP contribution in [0.5, 0.6) is 0 Å². The predicted octanol–water partition coefficient (Wildman–Crippen LogP) is 2.39. The van der Waals surface area contributed by atoms with Crippen LogP contribution in [0.25, 0.3) is 0 Å². The zero-order chi connectivity index (χ0) is 14.3. The largest absolute Gasteiger partial charge is 0.481 e. The van der Waals surface area contributed by atoms with Gasteiger partial charge in [-0.3, -0.25) is 4.79 Å². The van der Waals surface area contributed by atoms with Crippen molar-refractivity contribution in [1.82, 2.24) is 10.2 Å². The van der Waals surface area contributed by atoms with Crippen LogP contribution in [0.4, 0.5) is 4.79 Å². The fraction of sp³-hybridized carbons (Fsp3) is 0.538. The second-order valence-corrected chi connectivity index (χ2v) is 5.38. The second kappa shape index (κ2) is 7.78. The third-order valence-electron chi connectivity index (χ3n) is 2.86. The van der Waals surface area contributed by atoms with E-state index in [1.54, 1.807) is 30.2 Å². The first-order chi connectivity index (χ1) is 9.00. The van der Waals surface area contributed by atoms with Gasteiger partial charge in [0.05, 0.1) is 5.92 Å². The van der Waals surface area contributed by atoms with Crippen molar-refractivity contribution < 1.29 is 14.7 Å². The van der Waals surface area contributed by atoms with Gasteiger partial charge >= 0.3 is 12.0 Å². The summed E-state index contributed by atoms with van der Waals surface area (Å²) in [7, 11) is 1.74. The molecular formula is C13H20N2O3S. The summed E-state index contributed by atoms with van der Waals surface area (Å²) < 4.78 is 0. The third-order valence-corrected chi connectivity index (χ3v) is 3.59. The van der Waals surface area contributed by atoms with Gasteiger partial charge < -0.3 is 15.3 Å². The Hall–Kier alpha value is -1.56. The molecule has 0 aliphatic carbocycles. The molecule has 106 valence electrons. The highest BCUT2D eigenvalue weighted by atomic mass is 32.1. The zero-order valence-corrected chi connectivity index (χ0v) is 12.1. The van der Waals surface area contributed by atoms with Crippen LogP contribution in [0.3, 0.4) is 0 Å². The molecule has 0 aromatic carbocycles. The minimum absolute atomic E-state index is 0.130. The van der Waals surface area contributed by atoms with Crippen LogP contribution in [0, 0.1) is 5.92 Å². The Labute approximate surface area is 117 Å². The van der Waals surface area contributed by atoms with E-state index in [9.17, 15) is 9.59 Å². The normalized spacial score (nSPS) is 11.9. The molecule has 19 heavy (non-hydrogen) atoms. The molecule has 1 heterocycles. The van der Waals surface area contributed by atoms with E-state index in [1.165, 1.54) is 0 Å². The van der Waals surface area contributed by atoms with Crippen molar-refractivity contribution in [2.24, 2.45) is 5.92 Å². The van der Waals surface area contributed by atoms with Crippen LogP contribution >= 0.6 is 11.3 Å². The minimum Gasteiger partial charge on any atom is -0.481 e. The molecule has 5 nitrogen and oxygen atoms in total. The molecule has 1 rings (SSSR count). The van der Waals surface area contributed by atoms with Crippen molar-refractivity contribution in [3.63, 3.8) is 0 Å². The lowest BCUT2D eigenvalue weighted by Crippen LogP contribution is -2.37. The Morgan fingerprint density at radius 2 is 2.26 bits per heavy atom. The fourth-order valence-corrected chi connectivity index (χ4v) is 2.25. The number of amides is 2. The Morgan fingerprint density at radius 1 is 1.53 bits per heavy atom. The standard InChI is InChI=1S/C13H20N2O3S/c1-10(12(16)17)4-3-6-14-13(18)15(2)8-11-5-7-19-9-11/h5,7,9-10H,3-4,6,8H2,1-2H3,(H,14,18)(H,16,17). The number of carboxylic acids is 1. The van der Waals surface area contributed by atoms with Crippen molar-refractivity contribution in [2.45, 2.75) is 26.3 Å². The average molecular weight is 284 g/mol. The number of carbonyl (C=O) groups is 2. The number of nitrogens with zero attached hydrogens (tertiary/aromatic N) is 1. The van der Waals surface area contributed by atoms with Crippen LogP contribution < -0.4 is 5.32 Å². The van der Waals surface area contributed by atoms with E-state index >= 15 is 0 Å². The van der Waals surface area contributed by atoms with Crippen molar-refractivity contribution >= 4 is 23.3 Å². The topological polar surface area (TPSA) is 69.6 Å². The van der Waals surface area contributed by atoms with Crippen LogP contribution in [0.2, 0.25) is 0 Å². The summed E-state index contributed by atoms with van der Waals surface area (Å²) >= 11 is 1.61. The molecule has 1 aromatic heterocycles. The number of nitrogens with one attached hydrogen (secondary N) is 1. The molecule has 0 fully saturated rings.